The number of aliphatic imine (C=N–C) groups is 1. The molecule has 4 nitrogen and oxygen atoms in total. The molecule has 1 aliphatic rings. The zero-order valence-corrected chi connectivity index (χ0v) is 9.21. The molecule has 78 valence electrons. The van der Waals surface area contributed by atoms with Crippen molar-refractivity contribution in [2.45, 2.75) is 20.3 Å². The molecule has 1 rings (SSSR count). The molecule has 5 heteroatoms. The molecule has 1 aliphatic heterocycles. The van der Waals surface area contributed by atoms with Crippen LogP contribution in [0.4, 0.5) is 0 Å². The van der Waals surface area contributed by atoms with Crippen LogP contribution in [0.25, 0.3) is 0 Å². The van der Waals surface area contributed by atoms with Crippen LogP contribution in [-0.2, 0) is 10.3 Å². The second-order valence-electron chi connectivity index (χ2n) is 3.27. The Morgan fingerprint density at radius 3 is 2.93 bits per heavy atom. The van der Waals surface area contributed by atoms with E-state index < -0.39 is 10.3 Å². The minimum Gasteiger partial charge on any atom is -0.368 e. The normalized spacial score (nSPS) is 16.0. The fourth-order valence-electron chi connectivity index (χ4n) is 1.29. The van der Waals surface area contributed by atoms with Crippen molar-refractivity contribution in [3.05, 3.63) is 11.9 Å². The SMILES string of the molecule is CC1=CN=C(C)CN1CCC=S(=O)=O. The first-order chi connectivity index (χ1) is 6.59. The van der Waals surface area contributed by atoms with E-state index in [1.165, 1.54) is 5.37 Å². The predicted molar refractivity (Wildman–Crippen MR) is 58.0 cm³/mol. The van der Waals surface area contributed by atoms with Gasteiger partial charge in [-0.15, -0.1) is 0 Å². The van der Waals surface area contributed by atoms with Crippen molar-refractivity contribution in [1.82, 2.24) is 4.90 Å². The lowest BCUT2D eigenvalue weighted by molar-refractivity contribution is 0.397. The van der Waals surface area contributed by atoms with Gasteiger partial charge in [-0.25, -0.2) is 0 Å². The molecule has 0 aromatic rings. The highest BCUT2D eigenvalue weighted by Gasteiger charge is 2.09. The summed E-state index contributed by atoms with van der Waals surface area (Å²) in [6, 6.07) is 0. The maximum atomic E-state index is 10.3. The third kappa shape index (κ3) is 3.33. The lowest BCUT2D eigenvalue weighted by Gasteiger charge is -2.26. The molecule has 0 saturated carbocycles. The van der Waals surface area contributed by atoms with Crippen molar-refractivity contribution in [3.8, 4) is 0 Å². The lowest BCUT2D eigenvalue weighted by Crippen LogP contribution is -2.30. The number of hydrogen-bond acceptors (Lipinski definition) is 4. The summed E-state index contributed by atoms with van der Waals surface area (Å²) in [5.74, 6) is 0. The number of nitrogens with zero attached hydrogens (tertiary/aromatic N) is 2. The molecule has 0 aromatic carbocycles. The molecule has 0 bridgehead atoms. The monoisotopic (exact) mass is 214 g/mol. The largest absolute Gasteiger partial charge is 0.368 e. The first-order valence-corrected chi connectivity index (χ1v) is 5.60. The first-order valence-electron chi connectivity index (χ1n) is 4.46. The van der Waals surface area contributed by atoms with Crippen LogP contribution in [0.2, 0.25) is 0 Å². The molecular weight excluding hydrogens is 200 g/mol. The van der Waals surface area contributed by atoms with Gasteiger partial charge in [0.1, 0.15) is 0 Å². The number of rotatable bonds is 3. The molecule has 0 atom stereocenters. The molecule has 0 aliphatic carbocycles. The van der Waals surface area contributed by atoms with Crippen molar-refractivity contribution >= 4 is 21.4 Å². The summed E-state index contributed by atoms with van der Waals surface area (Å²) in [6.07, 6.45) is 2.36. The second kappa shape index (κ2) is 4.95. The molecule has 0 saturated heterocycles. The van der Waals surface area contributed by atoms with Gasteiger partial charge in [0.15, 0.2) is 0 Å². The minimum atomic E-state index is -2.04. The van der Waals surface area contributed by atoms with Crippen LogP contribution < -0.4 is 0 Å². The topological polar surface area (TPSA) is 49.7 Å². The molecule has 0 unspecified atom stereocenters. The summed E-state index contributed by atoms with van der Waals surface area (Å²) in [5, 5.41) is 1.29. The van der Waals surface area contributed by atoms with E-state index in [1.807, 2.05) is 20.0 Å². The van der Waals surface area contributed by atoms with Gasteiger partial charge in [0.2, 0.25) is 10.3 Å². The van der Waals surface area contributed by atoms with Gasteiger partial charge in [-0.2, -0.15) is 8.42 Å². The summed E-state index contributed by atoms with van der Waals surface area (Å²) >= 11 is 0. The Hall–Kier alpha value is -1.10. The van der Waals surface area contributed by atoms with E-state index in [0.717, 1.165) is 24.5 Å². The van der Waals surface area contributed by atoms with Crippen molar-refractivity contribution in [2.75, 3.05) is 13.1 Å². The lowest BCUT2D eigenvalue weighted by atomic mass is 10.2. The molecule has 0 amide bonds. The quantitative estimate of drug-likeness (QED) is 0.650. The first kappa shape index (κ1) is 11.0. The Balaban J connectivity index is 2.51. The van der Waals surface area contributed by atoms with E-state index in [0.29, 0.717) is 6.42 Å². The van der Waals surface area contributed by atoms with Gasteiger partial charge in [0.05, 0.1) is 6.54 Å². The third-order valence-electron chi connectivity index (χ3n) is 2.04. The Bertz CT molecular complexity index is 385. The van der Waals surface area contributed by atoms with Gasteiger partial charge in [-0.05, 0) is 20.3 Å². The van der Waals surface area contributed by atoms with E-state index in [4.69, 9.17) is 0 Å². The highest BCUT2D eigenvalue weighted by molar-refractivity contribution is 7.71. The highest BCUT2D eigenvalue weighted by Crippen LogP contribution is 2.09. The summed E-state index contributed by atoms with van der Waals surface area (Å²) in [7, 11) is -2.04. The van der Waals surface area contributed by atoms with Crippen LogP contribution in [0.5, 0.6) is 0 Å². The van der Waals surface area contributed by atoms with Crippen LogP contribution in [-0.4, -0.2) is 37.5 Å². The van der Waals surface area contributed by atoms with Crippen LogP contribution in [0, 0.1) is 0 Å². The highest BCUT2D eigenvalue weighted by atomic mass is 32.2. The van der Waals surface area contributed by atoms with Crippen molar-refractivity contribution in [1.29, 1.82) is 0 Å². The summed E-state index contributed by atoms with van der Waals surface area (Å²) in [4.78, 5) is 6.30. The van der Waals surface area contributed by atoms with Gasteiger partial charge in [-0.1, -0.05) is 0 Å². The van der Waals surface area contributed by atoms with Gasteiger partial charge in [0.25, 0.3) is 0 Å². The molecule has 0 radical (unpaired) electrons. The standard InChI is InChI=1S/C9H14N2O2S/c1-8-7-11(9(2)6-10-8)4-3-5-14(12)13/h5-6H,3-4,7H2,1-2H3. The fourth-order valence-corrected chi connectivity index (χ4v) is 1.59. The van der Waals surface area contributed by atoms with E-state index in [1.54, 1.807) is 0 Å². The predicted octanol–water partition coefficient (Wildman–Crippen LogP) is 0.696. The summed E-state index contributed by atoms with van der Waals surface area (Å²) < 4.78 is 20.5. The fraction of sp³-hybridized carbons (Fsp3) is 0.556. The molecule has 0 aromatic heterocycles. The van der Waals surface area contributed by atoms with Crippen LogP contribution in [0.1, 0.15) is 20.3 Å². The summed E-state index contributed by atoms with van der Waals surface area (Å²) in [5.41, 5.74) is 2.14. The molecule has 0 fully saturated rings. The van der Waals surface area contributed by atoms with Crippen LogP contribution in [0.15, 0.2) is 16.9 Å². The van der Waals surface area contributed by atoms with E-state index in [2.05, 4.69) is 9.89 Å². The van der Waals surface area contributed by atoms with Crippen molar-refractivity contribution in [3.63, 3.8) is 0 Å². The average Bonchev–Trinajstić information content (AvgIpc) is 2.10. The Kier molecular flexibility index (Phi) is 3.88. The average molecular weight is 214 g/mol. The molecule has 0 N–H and O–H groups in total. The number of allylic oxidation sites excluding steroid dienone is 1. The maximum absolute atomic E-state index is 10.3. The van der Waals surface area contributed by atoms with E-state index >= 15 is 0 Å². The molecule has 1 heterocycles. The van der Waals surface area contributed by atoms with E-state index in [9.17, 15) is 8.42 Å². The van der Waals surface area contributed by atoms with Gasteiger partial charge >= 0.3 is 0 Å². The zero-order valence-electron chi connectivity index (χ0n) is 8.40. The Morgan fingerprint density at radius 1 is 1.57 bits per heavy atom. The maximum Gasteiger partial charge on any atom is 0.210 e. The van der Waals surface area contributed by atoms with Gasteiger partial charge in [0, 0.05) is 29.5 Å². The van der Waals surface area contributed by atoms with Gasteiger partial charge < -0.3 is 4.90 Å². The molecule has 0 spiro atoms. The zero-order chi connectivity index (χ0) is 10.6. The minimum absolute atomic E-state index is 0.550. The van der Waals surface area contributed by atoms with Gasteiger partial charge in [-0.3, -0.25) is 4.99 Å². The third-order valence-corrected chi connectivity index (χ3v) is 2.55. The second-order valence-corrected chi connectivity index (χ2v) is 4.13. The Morgan fingerprint density at radius 2 is 2.29 bits per heavy atom. The van der Waals surface area contributed by atoms with Crippen molar-refractivity contribution in [2.24, 2.45) is 4.99 Å². The molecule has 14 heavy (non-hydrogen) atoms. The van der Waals surface area contributed by atoms with Crippen LogP contribution in [0.3, 0.4) is 0 Å². The van der Waals surface area contributed by atoms with Crippen molar-refractivity contribution < 1.29 is 8.42 Å². The molecular formula is C9H14N2O2S. The summed E-state index contributed by atoms with van der Waals surface area (Å²) in [6.45, 7) is 5.46. The number of hydrogen-bond donors (Lipinski definition) is 0. The van der Waals surface area contributed by atoms with Crippen LogP contribution >= 0.6 is 0 Å². The smallest absolute Gasteiger partial charge is 0.210 e. The van der Waals surface area contributed by atoms with E-state index in [-0.39, 0.29) is 0 Å². The Labute approximate surface area is 85.5 Å².